The molecule has 1 N–H and O–H groups in total. The number of carboxylic acids is 1. The first-order chi connectivity index (χ1) is 13.2. The van der Waals surface area contributed by atoms with Crippen molar-refractivity contribution >= 4 is 28.2 Å². The Labute approximate surface area is 169 Å². The third-order valence-electron chi connectivity index (χ3n) is 5.07. The fourth-order valence-electron chi connectivity index (χ4n) is 3.97. The van der Waals surface area contributed by atoms with Crippen molar-refractivity contribution in [3.63, 3.8) is 0 Å². The lowest BCUT2D eigenvalue weighted by molar-refractivity contribution is -0.160. The Morgan fingerprint density at radius 1 is 1.25 bits per heavy atom. The Bertz CT molecular complexity index is 1040. The molecule has 0 aliphatic heterocycles. The van der Waals surface area contributed by atoms with Crippen molar-refractivity contribution in [2.75, 3.05) is 0 Å². The summed E-state index contributed by atoms with van der Waals surface area (Å²) in [5.41, 5.74) is 4.02. The Balaban J connectivity index is 2.01. The Hall–Kier alpha value is -2.24. The summed E-state index contributed by atoms with van der Waals surface area (Å²) >= 11 is 1.78. The van der Waals surface area contributed by atoms with E-state index in [2.05, 4.69) is 6.07 Å². The SMILES string of the molecule is Cc1nc2ccccc2c(-c2cc3c(s2)CCC3)c1[C@H](OC(C)(C)C)C(=O)O. The molecule has 28 heavy (non-hydrogen) atoms. The van der Waals surface area contributed by atoms with Gasteiger partial charge in [0.25, 0.3) is 0 Å². The number of thiophene rings is 1. The van der Waals surface area contributed by atoms with E-state index < -0.39 is 17.7 Å². The number of aryl methyl sites for hydroxylation is 3. The van der Waals surface area contributed by atoms with E-state index in [1.807, 2.05) is 52.0 Å². The lowest BCUT2D eigenvalue weighted by Gasteiger charge is -2.27. The highest BCUT2D eigenvalue weighted by molar-refractivity contribution is 7.15. The number of benzene rings is 1. The second-order valence-corrected chi connectivity index (χ2v) is 9.50. The maximum absolute atomic E-state index is 12.2. The van der Waals surface area contributed by atoms with E-state index in [1.54, 1.807) is 11.3 Å². The molecule has 5 heteroatoms. The molecule has 4 rings (SSSR count). The topological polar surface area (TPSA) is 59.4 Å². The van der Waals surface area contributed by atoms with E-state index in [9.17, 15) is 9.90 Å². The number of aliphatic carboxylic acids is 1. The second kappa shape index (κ2) is 6.98. The lowest BCUT2D eigenvalue weighted by Crippen LogP contribution is -2.28. The van der Waals surface area contributed by atoms with E-state index in [0.29, 0.717) is 11.3 Å². The van der Waals surface area contributed by atoms with E-state index in [1.165, 1.54) is 16.9 Å². The van der Waals surface area contributed by atoms with Crippen LogP contribution in [0.3, 0.4) is 0 Å². The third kappa shape index (κ3) is 3.45. The van der Waals surface area contributed by atoms with Gasteiger partial charge in [0.1, 0.15) is 0 Å². The third-order valence-corrected chi connectivity index (χ3v) is 6.33. The van der Waals surface area contributed by atoms with Crippen molar-refractivity contribution < 1.29 is 14.6 Å². The highest BCUT2D eigenvalue weighted by Gasteiger charge is 2.33. The smallest absolute Gasteiger partial charge is 0.337 e. The van der Waals surface area contributed by atoms with Crippen LogP contribution in [0, 0.1) is 6.92 Å². The van der Waals surface area contributed by atoms with Gasteiger partial charge in [0.05, 0.1) is 11.1 Å². The minimum atomic E-state index is -1.07. The highest BCUT2D eigenvalue weighted by Crippen LogP contribution is 2.44. The zero-order valence-corrected chi connectivity index (χ0v) is 17.5. The summed E-state index contributed by atoms with van der Waals surface area (Å²) < 4.78 is 6.02. The number of aromatic nitrogens is 1. The monoisotopic (exact) mass is 395 g/mol. The number of pyridine rings is 1. The van der Waals surface area contributed by atoms with Gasteiger partial charge in [0, 0.05) is 32.0 Å². The number of nitrogens with zero attached hydrogens (tertiary/aromatic N) is 1. The molecule has 3 aromatic rings. The molecule has 0 unspecified atom stereocenters. The van der Waals surface area contributed by atoms with Crippen LogP contribution in [0.25, 0.3) is 21.3 Å². The predicted molar refractivity (Wildman–Crippen MR) is 113 cm³/mol. The molecule has 0 saturated carbocycles. The van der Waals surface area contributed by atoms with Crippen LogP contribution in [0.4, 0.5) is 0 Å². The molecular formula is C23H25NO3S. The first-order valence-electron chi connectivity index (χ1n) is 9.66. The predicted octanol–water partition coefficient (Wildman–Crippen LogP) is 5.70. The fraction of sp³-hybridized carbons (Fsp3) is 0.391. The summed E-state index contributed by atoms with van der Waals surface area (Å²) in [4.78, 5) is 19.5. The molecular weight excluding hydrogens is 370 g/mol. The fourth-order valence-corrected chi connectivity index (χ4v) is 5.30. The number of rotatable bonds is 4. The summed E-state index contributed by atoms with van der Waals surface area (Å²) in [6, 6.07) is 10.2. The largest absolute Gasteiger partial charge is 0.479 e. The van der Waals surface area contributed by atoms with Crippen LogP contribution < -0.4 is 0 Å². The normalized spacial score (nSPS) is 15.0. The quantitative estimate of drug-likeness (QED) is 0.615. The van der Waals surface area contributed by atoms with Gasteiger partial charge in [-0.1, -0.05) is 18.2 Å². The van der Waals surface area contributed by atoms with Gasteiger partial charge >= 0.3 is 5.97 Å². The Morgan fingerprint density at radius 2 is 2.00 bits per heavy atom. The maximum Gasteiger partial charge on any atom is 0.337 e. The van der Waals surface area contributed by atoms with E-state index >= 15 is 0 Å². The van der Waals surface area contributed by atoms with Crippen molar-refractivity contribution in [1.29, 1.82) is 0 Å². The van der Waals surface area contributed by atoms with Gasteiger partial charge in [-0.3, -0.25) is 4.98 Å². The Morgan fingerprint density at radius 3 is 2.68 bits per heavy atom. The van der Waals surface area contributed by atoms with Crippen molar-refractivity contribution in [2.24, 2.45) is 0 Å². The van der Waals surface area contributed by atoms with Crippen LogP contribution in [0.2, 0.25) is 0 Å². The van der Waals surface area contributed by atoms with Crippen molar-refractivity contribution in [3.05, 3.63) is 52.0 Å². The van der Waals surface area contributed by atoms with Gasteiger partial charge in [0.15, 0.2) is 6.10 Å². The molecule has 0 fully saturated rings. The standard InChI is InChI=1S/C23H25NO3S/c1-13-19(21(22(25)26)27-23(2,3)4)20(15-9-5-6-10-16(15)24-13)18-12-14-8-7-11-17(14)28-18/h5-6,9-10,12,21H,7-8,11H2,1-4H3,(H,25,26)/t21-/m0/s1. The zero-order valence-electron chi connectivity index (χ0n) is 16.7. The molecule has 1 aliphatic carbocycles. The molecule has 0 saturated heterocycles. The van der Waals surface area contributed by atoms with Gasteiger partial charge in [0.2, 0.25) is 0 Å². The molecule has 1 aromatic carbocycles. The van der Waals surface area contributed by atoms with Gasteiger partial charge < -0.3 is 9.84 Å². The van der Waals surface area contributed by atoms with Gasteiger partial charge in [-0.15, -0.1) is 11.3 Å². The molecule has 2 aromatic heterocycles. The van der Waals surface area contributed by atoms with Crippen molar-refractivity contribution in [3.8, 4) is 10.4 Å². The molecule has 0 amide bonds. The second-order valence-electron chi connectivity index (χ2n) is 8.36. The lowest BCUT2D eigenvalue weighted by atomic mass is 9.94. The van der Waals surface area contributed by atoms with E-state index in [0.717, 1.165) is 34.2 Å². The van der Waals surface area contributed by atoms with Crippen LogP contribution in [0.5, 0.6) is 0 Å². The van der Waals surface area contributed by atoms with Crippen LogP contribution >= 0.6 is 11.3 Å². The average Bonchev–Trinajstić information content (AvgIpc) is 3.19. The van der Waals surface area contributed by atoms with Crippen LogP contribution in [0.15, 0.2) is 30.3 Å². The summed E-state index contributed by atoms with van der Waals surface area (Å²) in [6.07, 6.45) is 2.35. The minimum absolute atomic E-state index is 0.588. The molecule has 2 heterocycles. The summed E-state index contributed by atoms with van der Waals surface area (Å²) in [5.74, 6) is -0.986. The molecule has 0 spiro atoms. The maximum atomic E-state index is 12.2. The molecule has 1 aliphatic rings. The zero-order chi connectivity index (χ0) is 20.1. The minimum Gasteiger partial charge on any atom is -0.479 e. The average molecular weight is 396 g/mol. The molecule has 0 bridgehead atoms. The molecule has 1 atom stereocenters. The number of para-hydroxylation sites is 1. The summed E-state index contributed by atoms with van der Waals surface area (Å²) in [7, 11) is 0. The highest BCUT2D eigenvalue weighted by atomic mass is 32.1. The molecule has 0 radical (unpaired) electrons. The number of hydrogen-bond donors (Lipinski definition) is 1. The van der Waals surface area contributed by atoms with Crippen LogP contribution in [0.1, 0.15) is 55.0 Å². The van der Waals surface area contributed by atoms with Crippen molar-refractivity contribution in [2.45, 2.75) is 58.7 Å². The van der Waals surface area contributed by atoms with Crippen molar-refractivity contribution in [1.82, 2.24) is 4.98 Å². The number of ether oxygens (including phenoxy) is 1. The number of hydrogen-bond acceptors (Lipinski definition) is 4. The van der Waals surface area contributed by atoms with Crippen LogP contribution in [-0.4, -0.2) is 21.7 Å². The number of carboxylic acid groups (broad SMARTS) is 1. The Kier molecular flexibility index (Phi) is 4.76. The first-order valence-corrected chi connectivity index (χ1v) is 10.5. The number of fused-ring (bicyclic) bond motifs is 2. The molecule has 4 nitrogen and oxygen atoms in total. The summed E-state index contributed by atoms with van der Waals surface area (Å²) in [5, 5.41) is 11.0. The molecule has 146 valence electrons. The van der Waals surface area contributed by atoms with Gasteiger partial charge in [-0.05, 0) is 64.7 Å². The van der Waals surface area contributed by atoms with Crippen LogP contribution in [-0.2, 0) is 22.4 Å². The summed E-state index contributed by atoms with van der Waals surface area (Å²) in [6.45, 7) is 7.53. The van der Waals surface area contributed by atoms with Gasteiger partial charge in [-0.2, -0.15) is 0 Å². The first kappa shape index (κ1) is 19.1. The number of carbonyl (C=O) groups is 1. The van der Waals surface area contributed by atoms with E-state index in [4.69, 9.17) is 9.72 Å². The van der Waals surface area contributed by atoms with Gasteiger partial charge in [-0.25, -0.2) is 4.79 Å². The van der Waals surface area contributed by atoms with E-state index in [-0.39, 0.29) is 0 Å².